The zero-order chi connectivity index (χ0) is 17.2. The van der Waals surface area contributed by atoms with E-state index in [9.17, 15) is 0 Å². The molecule has 0 saturated heterocycles. The maximum atomic E-state index is 9.04. The van der Waals surface area contributed by atoms with Gasteiger partial charge in [-0.05, 0) is 43.2 Å². The molecular weight excluding hydrogens is 310 g/mol. The summed E-state index contributed by atoms with van der Waals surface area (Å²) < 4.78 is 0. The third kappa shape index (κ3) is 3.02. The number of para-hydroxylation sites is 1. The van der Waals surface area contributed by atoms with Crippen molar-refractivity contribution in [1.29, 1.82) is 5.26 Å². The SMILES string of the molecule is Cc1cc(N2CCc3ccccc32)nc(Nc2cccc(C#N)c2)n1. The van der Waals surface area contributed by atoms with Crippen molar-refractivity contribution in [3.8, 4) is 6.07 Å². The fourth-order valence-electron chi connectivity index (χ4n) is 3.12. The summed E-state index contributed by atoms with van der Waals surface area (Å²) in [6, 6.07) is 19.9. The summed E-state index contributed by atoms with van der Waals surface area (Å²) in [5.74, 6) is 1.42. The van der Waals surface area contributed by atoms with Gasteiger partial charge in [-0.3, -0.25) is 0 Å². The highest BCUT2D eigenvalue weighted by Gasteiger charge is 2.21. The lowest BCUT2D eigenvalue weighted by Crippen LogP contribution is -2.16. The summed E-state index contributed by atoms with van der Waals surface area (Å²) >= 11 is 0. The zero-order valence-corrected chi connectivity index (χ0v) is 13.9. The van der Waals surface area contributed by atoms with E-state index in [1.54, 1.807) is 12.1 Å². The normalized spacial score (nSPS) is 12.6. The maximum absolute atomic E-state index is 9.04. The van der Waals surface area contributed by atoms with Crippen LogP contribution < -0.4 is 10.2 Å². The quantitative estimate of drug-likeness (QED) is 0.785. The Kier molecular flexibility index (Phi) is 3.79. The molecule has 1 aliphatic heterocycles. The van der Waals surface area contributed by atoms with Crippen molar-refractivity contribution in [3.63, 3.8) is 0 Å². The number of nitrogens with zero attached hydrogens (tertiary/aromatic N) is 4. The first-order valence-corrected chi connectivity index (χ1v) is 8.21. The molecule has 25 heavy (non-hydrogen) atoms. The first kappa shape index (κ1) is 15.2. The van der Waals surface area contributed by atoms with Gasteiger partial charge in [0.1, 0.15) is 5.82 Å². The van der Waals surface area contributed by atoms with E-state index in [2.05, 4.69) is 50.5 Å². The summed E-state index contributed by atoms with van der Waals surface area (Å²) in [6.45, 7) is 2.88. The molecule has 4 rings (SSSR count). The van der Waals surface area contributed by atoms with E-state index in [-0.39, 0.29) is 0 Å². The lowest BCUT2D eigenvalue weighted by atomic mass is 10.2. The largest absolute Gasteiger partial charge is 0.326 e. The minimum Gasteiger partial charge on any atom is -0.326 e. The molecule has 1 N–H and O–H groups in total. The predicted molar refractivity (Wildman–Crippen MR) is 98.4 cm³/mol. The van der Waals surface area contributed by atoms with E-state index in [0.717, 1.165) is 30.2 Å². The molecule has 5 heteroatoms. The number of rotatable bonds is 3. The second-order valence-electron chi connectivity index (χ2n) is 6.04. The van der Waals surface area contributed by atoms with Crippen LogP contribution in [0.5, 0.6) is 0 Å². The fourth-order valence-corrected chi connectivity index (χ4v) is 3.12. The smallest absolute Gasteiger partial charge is 0.229 e. The number of nitriles is 1. The highest BCUT2D eigenvalue weighted by Crippen LogP contribution is 2.33. The first-order valence-electron chi connectivity index (χ1n) is 8.21. The van der Waals surface area contributed by atoms with Crippen molar-refractivity contribution >= 4 is 23.1 Å². The Morgan fingerprint density at radius 3 is 2.84 bits per heavy atom. The lowest BCUT2D eigenvalue weighted by molar-refractivity contribution is 0.959. The standard InChI is InChI=1S/C20H17N5/c1-14-11-19(25-10-9-16-6-2-3-8-18(16)25)24-20(22-14)23-17-7-4-5-15(12-17)13-21/h2-8,11-12H,9-10H2,1H3,(H,22,23,24). The molecule has 5 nitrogen and oxygen atoms in total. The fraction of sp³-hybridized carbons (Fsp3) is 0.150. The highest BCUT2D eigenvalue weighted by atomic mass is 15.2. The molecule has 122 valence electrons. The van der Waals surface area contributed by atoms with Crippen molar-refractivity contribution < 1.29 is 0 Å². The highest BCUT2D eigenvalue weighted by molar-refractivity contribution is 5.69. The molecule has 0 amide bonds. The number of aromatic nitrogens is 2. The van der Waals surface area contributed by atoms with Crippen LogP contribution in [0.25, 0.3) is 0 Å². The molecule has 0 atom stereocenters. The first-order chi connectivity index (χ1) is 12.2. The molecule has 0 fully saturated rings. The average molecular weight is 327 g/mol. The summed E-state index contributed by atoms with van der Waals surface area (Å²) in [6.07, 6.45) is 1.02. The predicted octanol–water partition coefficient (Wildman–Crippen LogP) is 4.09. The van der Waals surface area contributed by atoms with Gasteiger partial charge in [-0.25, -0.2) is 4.98 Å². The number of hydrogen-bond donors (Lipinski definition) is 1. The second-order valence-corrected chi connectivity index (χ2v) is 6.04. The lowest BCUT2D eigenvalue weighted by Gasteiger charge is -2.19. The Hall–Kier alpha value is -3.39. The number of fused-ring (bicyclic) bond motifs is 1. The Morgan fingerprint density at radius 1 is 1.08 bits per heavy atom. The number of nitrogens with one attached hydrogen (secondary N) is 1. The molecular formula is C20H17N5. The van der Waals surface area contributed by atoms with Gasteiger partial charge in [0.15, 0.2) is 0 Å². The molecule has 0 aliphatic carbocycles. The third-order valence-corrected chi connectivity index (χ3v) is 4.25. The molecule has 0 saturated carbocycles. The summed E-state index contributed by atoms with van der Waals surface area (Å²) in [4.78, 5) is 11.4. The van der Waals surface area contributed by atoms with Gasteiger partial charge in [-0.15, -0.1) is 0 Å². The van der Waals surface area contributed by atoms with Gasteiger partial charge in [-0.2, -0.15) is 10.2 Å². The molecule has 0 unspecified atom stereocenters. The zero-order valence-electron chi connectivity index (χ0n) is 13.9. The van der Waals surface area contributed by atoms with Crippen molar-refractivity contribution in [1.82, 2.24) is 9.97 Å². The van der Waals surface area contributed by atoms with Crippen LogP contribution in [0.3, 0.4) is 0 Å². The minimum atomic E-state index is 0.537. The molecule has 0 radical (unpaired) electrons. The molecule has 2 aromatic carbocycles. The third-order valence-electron chi connectivity index (χ3n) is 4.25. The van der Waals surface area contributed by atoms with Gasteiger partial charge in [0, 0.05) is 29.7 Å². The van der Waals surface area contributed by atoms with Crippen LogP contribution >= 0.6 is 0 Å². The van der Waals surface area contributed by atoms with Crippen molar-refractivity contribution in [3.05, 3.63) is 71.4 Å². The van der Waals surface area contributed by atoms with Gasteiger partial charge >= 0.3 is 0 Å². The van der Waals surface area contributed by atoms with Crippen LogP contribution in [0.15, 0.2) is 54.6 Å². The van der Waals surface area contributed by atoms with Gasteiger partial charge < -0.3 is 10.2 Å². The summed E-state index contributed by atoms with van der Waals surface area (Å²) in [5, 5.41) is 12.2. The summed E-state index contributed by atoms with van der Waals surface area (Å²) in [5.41, 5.74) is 4.85. The minimum absolute atomic E-state index is 0.537. The molecule has 2 heterocycles. The summed E-state index contributed by atoms with van der Waals surface area (Å²) in [7, 11) is 0. The van der Waals surface area contributed by atoms with Crippen LogP contribution in [0.2, 0.25) is 0 Å². The Morgan fingerprint density at radius 2 is 1.96 bits per heavy atom. The van der Waals surface area contributed by atoms with Gasteiger partial charge in [0.05, 0.1) is 11.6 Å². The van der Waals surface area contributed by atoms with E-state index >= 15 is 0 Å². The average Bonchev–Trinajstić information content (AvgIpc) is 3.05. The Labute approximate surface area is 146 Å². The Balaban J connectivity index is 1.67. The van der Waals surface area contributed by atoms with E-state index in [1.807, 2.05) is 25.1 Å². The van der Waals surface area contributed by atoms with Crippen molar-refractivity contribution in [2.75, 3.05) is 16.8 Å². The number of anilines is 4. The van der Waals surface area contributed by atoms with Crippen LogP contribution in [0.1, 0.15) is 16.8 Å². The molecule has 1 aliphatic rings. The molecule has 0 bridgehead atoms. The molecule has 0 spiro atoms. The number of hydrogen-bond acceptors (Lipinski definition) is 5. The van der Waals surface area contributed by atoms with Crippen LogP contribution in [-0.4, -0.2) is 16.5 Å². The second kappa shape index (κ2) is 6.25. The molecule has 3 aromatic rings. The van der Waals surface area contributed by atoms with Gasteiger partial charge in [-0.1, -0.05) is 24.3 Å². The van der Waals surface area contributed by atoms with Crippen LogP contribution in [0.4, 0.5) is 23.1 Å². The number of aryl methyl sites for hydroxylation is 1. The van der Waals surface area contributed by atoms with E-state index in [4.69, 9.17) is 5.26 Å². The monoisotopic (exact) mass is 327 g/mol. The van der Waals surface area contributed by atoms with E-state index in [1.165, 1.54) is 11.3 Å². The van der Waals surface area contributed by atoms with Crippen LogP contribution in [0, 0.1) is 18.3 Å². The topological polar surface area (TPSA) is 64.8 Å². The van der Waals surface area contributed by atoms with E-state index < -0.39 is 0 Å². The van der Waals surface area contributed by atoms with Crippen molar-refractivity contribution in [2.45, 2.75) is 13.3 Å². The van der Waals surface area contributed by atoms with Gasteiger partial charge in [0.2, 0.25) is 5.95 Å². The van der Waals surface area contributed by atoms with Gasteiger partial charge in [0.25, 0.3) is 0 Å². The maximum Gasteiger partial charge on any atom is 0.229 e. The molecule has 1 aromatic heterocycles. The number of benzene rings is 2. The van der Waals surface area contributed by atoms with Crippen LogP contribution in [-0.2, 0) is 6.42 Å². The van der Waals surface area contributed by atoms with Crippen molar-refractivity contribution in [2.24, 2.45) is 0 Å². The van der Waals surface area contributed by atoms with E-state index in [0.29, 0.717) is 11.5 Å². The Bertz CT molecular complexity index is 974.